The van der Waals surface area contributed by atoms with Gasteiger partial charge in [0.2, 0.25) is 11.8 Å². The van der Waals surface area contributed by atoms with E-state index in [4.69, 9.17) is 4.74 Å². The number of hydrogen-bond donors (Lipinski definition) is 1. The summed E-state index contributed by atoms with van der Waals surface area (Å²) in [5.74, 6) is -0.410. The minimum absolute atomic E-state index is 0.102. The van der Waals surface area contributed by atoms with Crippen LogP contribution in [0, 0.1) is 0 Å². The van der Waals surface area contributed by atoms with Gasteiger partial charge in [0.15, 0.2) is 0 Å². The molecule has 0 radical (unpaired) electrons. The second kappa shape index (κ2) is 8.86. The molecule has 150 valence electrons. The molecule has 2 aliphatic rings. The molecule has 0 saturated carbocycles. The summed E-state index contributed by atoms with van der Waals surface area (Å²) in [6.07, 6.45) is 1.69. The number of nitrogens with zero attached hydrogens (tertiary/aromatic N) is 2. The van der Waals surface area contributed by atoms with E-state index < -0.39 is 6.09 Å². The Balaban J connectivity index is 1.58. The molecule has 2 aliphatic heterocycles. The largest absolute Gasteiger partial charge is 0.450 e. The first-order valence-electron chi connectivity index (χ1n) is 9.62. The van der Waals surface area contributed by atoms with E-state index in [1.165, 1.54) is 4.90 Å². The van der Waals surface area contributed by atoms with Crippen LogP contribution in [0.3, 0.4) is 0 Å². The van der Waals surface area contributed by atoms with Crippen LogP contribution in [0.1, 0.15) is 48.5 Å². The lowest BCUT2D eigenvalue weighted by molar-refractivity contribution is -0.139. The molecule has 1 aromatic carbocycles. The van der Waals surface area contributed by atoms with Crippen LogP contribution in [0.4, 0.5) is 4.79 Å². The molecule has 8 nitrogen and oxygen atoms in total. The number of hydrogen-bond acceptors (Lipinski definition) is 5. The number of alkyl carbamates (subject to hydrolysis) is 1. The maximum Gasteiger partial charge on any atom is 0.407 e. The molecular formula is C20H25N3O5. The lowest BCUT2D eigenvalue weighted by Gasteiger charge is -2.33. The summed E-state index contributed by atoms with van der Waals surface area (Å²) in [6.45, 7) is 3.37. The minimum atomic E-state index is -0.461. The third kappa shape index (κ3) is 4.68. The molecule has 0 aliphatic carbocycles. The zero-order valence-corrected chi connectivity index (χ0v) is 16.0. The molecule has 3 rings (SSSR count). The Bertz CT molecular complexity index is 746. The van der Waals surface area contributed by atoms with Crippen molar-refractivity contribution in [1.82, 2.24) is 15.1 Å². The number of benzene rings is 1. The van der Waals surface area contributed by atoms with E-state index in [0.717, 1.165) is 18.4 Å². The third-order valence-electron chi connectivity index (χ3n) is 5.00. The van der Waals surface area contributed by atoms with E-state index in [-0.39, 0.29) is 43.1 Å². The smallest absolute Gasteiger partial charge is 0.407 e. The van der Waals surface area contributed by atoms with Gasteiger partial charge < -0.3 is 15.0 Å². The van der Waals surface area contributed by atoms with Crippen LogP contribution in [0.15, 0.2) is 24.3 Å². The minimum Gasteiger partial charge on any atom is -0.450 e. The van der Waals surface area contributed by atoms with Crippen LogP contribution < -0.4 is 5.32 Å². The molecule has 4 amide bonds. The number of imide groups is 1. The van der Waals surface area contributed by atoms with Crippen LogP contribution in [0.2, 0.25) is 0 Å². The van der Waals surface area contributed by atoms with Crippen molar-refractivity contribution >= 4 is 23.8 Å². The molecule has 8 heteroatoms. The zero-order chi connectivity index (χ0) is 20.1. The Kier molecular flexibility index (Phi) is 6.28. The van der Waals surface area contributed by atoms with E-state index in [1.54, 1.807) is 36.1 Å². The molecule has 2 saturated heterocycles. The van der Waals surface area contributed by atoms with E-state index in [2.05, 4.69) is 5.32 Å². The van der Waals surface area contributed by atoms with Crippen molar-refractivity contribution in [3.63, 3.8) is 0 Å². The van der Waals surface area contributed by atoms with Gasteiger partial charge >= 0.3 is 6.09 Å². The fourth-order valence-corrected chi connectivity index (χ4v) is 3.54. The van der Waals surface area contributed by atoms with Gasteiger partial charge in [-0.1, -0.05) is 12.1 Å². The monoisotopic (exact) mass is 387 g/mol. The first-order chi connectivity index (χ1) is 13.5. The first kappa shape index (κ1) is 19.9. The summed E-state index contributed by atoms with van der Waals surface area (Å²) >= 11 is 0. The van der Waals surface area contributed by atoms with Crippen molar-refractivity contribution in [2.24, 2.45) is 0 Å². The predicted octanol–water partition coefficient (Wildman–Crippen LogP) is 1.69. The van der Waals surface area contributed by atoms with E-state index >= 15 is 0 Å². The van der Waals surface area contributed by atoms with Gasteiger partial charge in [-0.05, 0) is 37.5 Å². The van der Waals surface area contributed by atoms with E-state index in [0.29, 0.717) is 25.3 Å². The Labute approximate surface area is 163 Å². The lowest BCUT2D eigenvalue weighted by atomic mass is 10.0. The highest BCUT2D eigenvalue weighted by Gasteiger charge is 2.29. The average Bonchev–Trinajstić information content (AvgIpc) is 3.00. The van der Waals surface area contributed by atoms with Crippen molar-refractivity contribution in [2.75, 3.05) is 19.7 Å². The zero-order valence-electron chi connectivity index (χ0n) is 16.0. The van der Waals surface area contributed by atoms with Crippen LogP contribution in [-0.2, 0) is 20.9 Å². The van der Waals surface area contributed by atoms with Gasteiger partial charge in [0.1, 0.15) is 0 Å². The summed E-state index contributed by atoms with van der Waals surface area (Å²) in [4.78, 5) is 50.8. The second-order valence-corrected chi connectivity index (χ2v) is 7.03. The maximum atomic E-state index is 12.8. The third-order valence-corrected chi connectivity index (χ3v) is 5.00. The average molecular weight is 387 g/mol. The summed E-state index contributed by atoms with van der Waals surface area (Å²) in [5, 5.41) is 2.79. The van der Waals surface area contributed by atoms with E-state index in [1.807, 2.05) is 0 Å². The molecule has 2 heterocycles. The topological polar surface area (TPSA) is 96.0 Å². The van der Waals surface area contributed by atoms with E-state index in [9.17, 15) is 19.2 Å². The van der Waals surface area contributed by atoms with Gasteiger partial charge in [0, 0.05) is 37.5 Å². The van der Waals surface area contributed by atoms with Crippen molar-refractivity contribution in [2.45, 2.75) is 45.2 Å². The number of rotatable bonds is 5. The molecule has 28 heavy (non-hydrogen) atoms. The first-order valence-corrected chi connectivity index (χ1v) is 9.62. The highest BCUT2D eigenvalue weighted by Crippen LogP contribution is 2.18. The van der Waals surface area contributed by atoms with Gasteiger partial charge in [-0.15, -0.1) is 0 Å². The lowest BCUT2D eigenvalue weighted by Crippen LogP contribution is -2.49. The highest BCUT2D eigenvalue weighted by molar-refractivity contribution is 6.01. The Morgan fingerprint density at radius 2 is 1.82 bits per heavy atom. The van der Waals surface area contributed by atoms with Gasteiger partial charge in [-0.25, -0.2) is 4.79 Å². The summed E-state index contributed by atoms with van der Waals surface area (Å²) in [7, 11) is 0. The highest BCUT2D eigenvalue weighted by atomic mass is 16.5. The Morgan fingerprint density at radius 1 is 1.14 bits per heavy atom. The fourth-order valence-electron chi connectivity index (χ4n) is 3.54. The molecule has 0 aromatic heterocycles. The standard InChI is InChI=1S/C20H25N3O5/c1-2-28-20(27)21-16-4-3-11-22(13-16)19(26)15-7-5-14(6-8-15)12-23-17(24)9-10-18(23)25/h5-8,16H,2-4,9-13H2,1H3,(H,21,27)/t16-/m1/s1. The molecule has 0 spiro atoms. The Hall–Kier alpha value is -2.90. The predicted molar refractivity (Wildman–Crippen MR) is 100 cm³/mol. The normalized spacial score (nSPS) is 19.7. The summed E-state index contributed by atoms with van der Waals surface area (Å²) < 4.78 is 4.90. The molecule has 2 fully saturated rings. The summed E-state index contributed by atoms with van der Waals surface area (Å²) in [5.41, 5.74) is 1.35. The van der Waals surface area contributed by atoms with Crippen molar-refractivity contribution in [3.05, 3.63) is 35.4 Å². The molecule has 1 aromatic rings. The van der Waals surface area contributed by atoms with Crippen LogP contribution >= 0.6 is 0 Å². The number of carbonyl (C=O) groups excluding carboxylic acids is 4. The van der Waals surface area contributed by atoms with Gasteiger partial charge in [-0.3, -0.25) is 19.3 Å². The maximum absolute atomic E-state index is 12.8. The molecule has 1 N–H and O–H groups in total. The number of likely N-dealkylation sites (tertiary alicyclic amines) is 2. The van der Waals surface area contributed by atoms with Crippen LogP contribution in [0.5, 0.6) is 0 Å². The number of ether oxygens (including phenoxy) is 1. The van der Waals surface area contributed by atoms with Gasteiger partial charge in [0.25, 0.3) is 5.91 Å². The fraction of sp³-hybridized carbons (Fsp3) is 0.500. The number of nitrogens with one attached hydrogen (secondary N) is 1. The van der Waals surface area contributed by atoms with Crippen LogP contribution in [-0.4, -0.2) is 59.4 Å². The van der Waals surface area contributed by atoms with Crippen molar-refractivity contribution in [1.29, 1.82) is 0 Å². The SMILES string of the molecule is CCOC(=O)N[C@@H]1CCCN(C(=O)c2ccc(CN3C(=O)CCC3=O)cc2)C1. The van der Waals surface area contributed by atoms with Gasteiger partial charge in [0.05, 0.1) is 13.2 Å². The van der Waals surface area contributed by atoms with Crippen molar-refractivity contribution < 1.29 is 23.9 Å². The number of piperidine rings is 1. The molecule has 0 bridgehead atoms. The molecule has 1 atom stereocenters. The van der Waals surface area contributed by atoms with Crippen LogP contribution in [0.25, 0.3) is 0 Å². The Morgan fingerprint density at radius 3 is 2.46 bits per heavy atom. The quantitative estimate of drug-likeness (QED) is 0.776. The van der Waals surface area contributed by atoms with Gasteiger partial charge in [-0.2, -0.15) is 0 Å². The number of amides is 4. The molecule has 0 unspecified atom stereocenters. The summed E-state index contributed by atoms with van der Waals surface area (Å²) in [6, 6.07) is 6.84. The van der Waals surface area contributed by atoms with Crippen molar-refractivity contribution in [3.8, 4) is 0 Å². The molecular weight excluding hydrogens is 362 g/mol. The second-order valence-electron chi connectivity index (χ2n) is 7.03. The number of carbonyl (C=O) groups is 4.